The lowest BCUT2D eigenvalue weighted by molar-refractivity contribution is 0.486. The fourth-order valence-electron chi connectivity index (χ4n) is 3.26. The van der Waals surface area contributed by atoms with Gasteiger partial charge in [-0.05, 0) is 55.0 Å². The SMILES string of the molecule is Cc1ccc(S(=O)(=O)Oc2ccc(/C=c3/sc4nc5ccccc5n4c3=O)cc2)cc1. The van der Waals surface area contributed by atoms with Gasteiger partial charge >= 0.3 is 10.1 Å². The number of para-hydroxylation sites is 2. The van der Waals surface area contributed by atoms with E-state index in [1.54, 1.807) is 46.9 Å². The molecule has 0 bridgehead atoms. The molecule has 0 radical (unpaired) electrons. The van der Waals surface area contributed by atoms with E-state index in [2.05, 4.69) is 4.98 Å². The van der Waals surface area contributed by atoms with E-state index >= 15 is 0 Å². The molecule has 2 heterocycles. The van der Waals surface area contributed by atoms with Crippen LogP contribution in [0.3, 0.4) is 0 Å². The van der Waals surface area contributed by atoms with E-state index in [9.17, 15) is 13.2 Å². The van der Waals surface area contributed by atoms with Gasteiger partial charge in [-0.25, -0.2) is 9.38 Å². The van der Waals surface area contributed by atoms with Crippen LogP contribution in [0.1, 0.15) is 11.1 Å². The summed E-state index contributed by atoms with van der Waals surface area (Å²) >= 11 is 1.31. The number of aromatic nitrogens is 2. The van der Waals surface area contributed by atoms with Gasteiger partial charge in [0.05, 0.1) is 15.6 Å². The van der Waals surface area contributed by atoms with E-state index in [4.69, 9.17) is 4.18 Å². The molecule has 3 aromatic carbocycles. The van der Waals surface area contributed by atoms with Crippen molar-refractivity contribution >= 4 is 43.5 Å². The van der Waals surface area contributed by atoms with E-state index in [0.717, 1.165) is 22.2 Å². The average molecular weight is 449 g/mol. The Labute approximate surface area is 181 Å². The van der Waals surface area contributed by atoms with E-state index < -0.39 is 10.1 Å². The molecule has 8 heteroatoms. The molecular weight excluding hydrogens is 432 g/mol. The molecule has 0 amide bonds. The van der Waals surface area contributed by atoms with Crippen LogP contribution >= 0.6 is 11.3 Å². The van der Waals surface area contributed by atoms with Crippen molar-refractivity contribution in [2.24, 2.45) is 0 Å². The van der Waals surface area contributed by atoms with Crippen molar-refractivity contribution in [1.82, 2.24) is 9.38 Å². The first-order chi connectivity index (χ1) is 14.9. The molecule has 0 N–H and O–H groups in total. The summed E-state index contributed by atoms with van der Waals surface area (Å²) in [6.45, 7) is 1.88. The van der Waals surface area contributed by atoms with Crippen LogP contribution in [-0.4, -0.2) is 17.8 Å². The highest BCUT2D eigenvalue weighted by atomic mass is 32.2. The summed E-state index contributed by atoms with van der Waals surface area (Å²) in [6, 6.07) is 20.5. The monoisotopic (exact) mass is 448 g/mol. The number of rotatable bonds is 4. The Balaban J connectivity index is 1.45. The Bertz CT molecular complexity index is 1630. The molecule has 154 valence electrons. The van der Waals surface area contributed by atoms with Gasteiger partial charge < -0.3 is 4.18 Å². The zero-order valence-corrected chi connectivity index (χ0v) is 18.0. The summed E-state index contributed by atoms with van der Waals surface area (Å²) in [5.74, 6) is 0.201. The first-order valence-corrected chi connectivity index (χ1v) is 11.7. The molecule has 0 saturated carbocycles. The van der Waals surface area contributed by atoms with Gasteiger partial charge in [-0.3, -0.25) is 4.79 Å². The lowest BCUT2D eigenvalue weighted by Crippen LogP contribution is -2.22. The highest BCUT2D eigenvalue weighted by molar-refractivity contribution is 7.87. The number of hydrogen-bond acceptors (Lipinski definition) is 6. The molecule has 0 aliphatic heterocycles. The predicted octanol–water partition coefficient (Wildman–Crippen LogP) is 3.53. The molecule has 5 aromatic rings. The minimum Gasteiger partial charge on any atom is -0.379 e. The van der Waals surface area contributed by atoms with Crippen LogP contribution in [-0.2, 0) is 10.1 Å². The van der Waals surface area contributed by atoms with Crippen molar-refractivity contribution in [3.8, 4) is 5.75 Å². The summed E-state index contributed by atoms with van der Waals surface area (Å²) in [7, 11) is -3.91. The van der Waals surface area contributed by atoms with Crippen molar-refractivity contribution in [3.63, 3.8) is 0 Å². The Morgan fingerprint density at radius 2 is 1.68 bits per heavy atom. The molecule has 0 fully saturated rings. The molecular formula is C23H16N2O4S2. The molecule has 6 nitrogen and oxygen atoms in total. The first-order valence-electron chi connectivity index (χ1n) is 9.44. The van der Waals surface area contributed by atoms with Gasteiger partial charge in [0.2, 0.25) is 0 Å². The quantitative estimate of drug-likeness (QED) is 0.393. The second-order valence-corrected chi connectivity index (χ2v) is 9.61. The zero-order valence-electron chi connectivity index (χ0n) is 16.3. The third kappa shape index (κ3) is 3.60. The largest absolute Gasteiger partial charge is 0.379 e. The van der Waals surface area contributed by atoms with Crippen LogP contribution < -0.4 is 14.3 Å². The summed E-state index contributed by atoms with van der Waals surface area (Å²) in [6.07, 6.45) is 1.76. The van der Waals surface area contributed by atoms with Crippen molar-refractivity contribution < 1.29 is 12.6 Å². The molecule has 0 aliphatic carbocycles. The number of thiazole rings is 1. The smallest absolute Gasteiger partial charge is 0.339 e. The van der Waals surface area contributed by atoms with Crippen molar-refractivity contribution in [2.75, 3.05) is 0 Å². The summed E-state index contributed by atoms with van der Waals surface area (Å²) in [5, 5.41) is 0. The maximum atomic E-state index is 12.8. The van der Waals surface area contributed by atoms with Crippen LogP contribution in [0.2, 0.25) is 0 Å². The minimum atomic E-state index is -3.91. The topological polar surface area (TPSA) is 77.7 Å². The normalized spacial score (nSPS) is 12.6. The third-order valence-corrected chi connectivity index (χ3v) is 7.07. The molecule has 2 aromatic heterocycles. The van der Waals surface area contributed by atoms with Crippen LogP contribution in [0.15, 0.2) is 82.5 Å². The fraction of sp³-hybridized carbons (Fsp3) is 0.0435. The highest BCUT2D eigenvalue weighted by Gasteiger charge is 2.16. The second kappa shape index (κ2) is 7.33. The third-order valence-electron chi connectivity index (χ3n) is 4.84. The number of imidazole rings is 1. The molecule has 0 unspecified atom stereocenters. The number of benzene rings is 3. The number of fused-ring (bicyclic) bond motifs is 3. The van der Waals surface area contributed by atoms with Gasteiger partial charge in [-0.15, -0.1) is 0 Å². The predicted molar refractivity (Wildman–Crippen MR) is 121 cm³/mol. The van der Waals surface area contributed by atoms with Crippen molar-refractivity contribution in [1.29, 1.82) is 0 Å². The van der Waals surface area contributed by atoms with E-state index in [1.807, 2.05) is 31.2 Å². The van der Waals surface area contributed by atoms with Gasteiger partial charge in [-0.1, -0.05) is 53.3 Å². The highest BCUT2D eigenvalue weighted by Crippen LogP contribution is 2.20. The zero-order chi connectivity index (χ0) is 21.6. The minimum absolute atomic E-state index is 0.0962. The molecule has 31 heavy (non-hydrogen) atoms. The molecule has 0 saturated heterocycles. The Kier molecular flexibility index (Phi) is 4.60. The first kappa shape index (κ1) is 19.5. The lowest BCUT2D eigenvalue weighted by atomic mass is 10.2. The molecule has 5 rings (SSSR count). The van der Waals surface area contributed by atoms with Crippen LogP contribution in [0.4, 0.5) is 0 Å². The van der Waals surface area contributed by atoms with Crippen molar-refractivity contribution in [3.05, 3.63) is 98.8 Å². The summed E-state index contributed by atoms with van der Waals surface area (Å²) in [4.78, 5) is 18.1. The molecule has 0 aliphatic rings. The van der Waals surface area contributed by atoms with Crippen LogP contribution in [0.25, 0.3) is 22.1 Å². The Morgan fingerprint density at radius 1 is 0.968 bits per heavy atom. The van der Waals surface area contributed by atoms with Crippen LogP contribution in [0.5, 0.6) is 5.75 Å². The second-order valence-electron chi connectivity index (χ2n) is 7.05. The van der Waals surface area contributed by atoms with Gasteiger partial charge in [0.25, 0.3) is 5.56 Å². The standard InChI is InChI=1S/C23H16N2O4S2/c1-15-6-12-18(13-7-15)31(27,28)29-17-10-8-16(9-11-17)14-21-22(26)25-20-5-3-2-4-19(20)24-23(25)30-21/h2-14H,1H3/b21-14+. The van der Waals surface area contributed by atoms with Gasteiger partial charge in [0, 0.05) is 0 Å². The average Bonchev–Trinajstić information content (AvgIpc) is 3.26. The van der Waals surface area contributed by atoms with E-state index in [0.29, 0.717) is 9.49 Å². The van der Waals surface area contributed by atoms with Gasteiger partial charge in [-0.2, -0.15) is 8.42 Å². The number of nitrogens with zero attached hydrogens (tertiary/aromatic N) is 2. The summed E-state index contributed by atoms with van der Waals surface area (Å²) < 4.78 is 32.2. The molecule has 0 spiro atoms. The van der Waals surface area contributed by atoms with Crippen LogP contribution in [0, 0.1) is 6.92 Å². The maximum Gasteiger partial charge on any atom is 0.339 e. The maximum absolute atomic E-state index is 12.8. The Hall–Kier alpha value is -3.49. The Morgan fingerprint density at radius 3 is 2.42 bits per heavy atom. The number of hydrogen-bond donors (Lipinski definition) is 0. The van der Waals surface area contributed by atoms with Gasteiger partial charge in [0.15, 0.2) is 4.96 Å². The summed E-state index contributed by atoms with van der Waals surface area (Å²) in [5.41, 5.74) is 3.16. The van der Waals surface area contributed by atoms with E-state index in [1.165, 1.54) is 23.5 Å². The lowest BCUT2D eigenvalue weighted by Gasteiger charge is -2.07. The van der Waals surface area contributed by atoms with Gasteiger partial charge in [0.1, 0.15) is 10.6 Å². The molecule has 0 atom stereocenters. The van der Waals surface area contributed by atoms with Crippen molar-refractivity contribution in [2.45, 2.75) is 11.8 Å². The number of aryl methyl sites for hydroxylation is 1. The fourth-order valence-corrected chi connectivity index (χ4v) is 5.18. The van der Waals surface area contributed by atoms with E-state index in [-0.39, 0.29) is 16.2 Å².